The average Bonchev–Trinajstić information content (AvgIpc) is 3.00. The second kappa shape index (κ2) is 7.46. The molecule has 0 saturated carbocycles. The molecule has 6 nitrogen and oxygen atoms in total. The fraction of sp³-hybridized carbons (Fsp3) is 0.333. The van der Waals surface area contributed by atoms with Crippen molar-refractivity contribution in [3.8, 4) is 11.1 Å². The molecule has 2 atom stereocenters. The van der Waals surface area contributed by atoms with Gasteiger partial charge in [-0.05, 0) is 40.2 Å². The third kappa shape index (κ3) is 3.58. The van der Waals surface area contributed by atoms with Gasteiger partial charge in [0, 0.05) is 46.0 Å². The maximum Gasteiger partial charge on any atom is 0.155 e. The van der Waals surface area contributed by atoms with Crippen LogP contribution in [0.5, 0.6) is 0 Å². The van der Waals surface area contributed by atoms with E-state index in [0.29, 0.717) is 28.7 Å². The Morgan fingerprint density at radius 1 is 1.13 bits per heavy atom. The summed E-state index contributed by atoms with van der Waals surface area (Å²) in [5, 5.41) is 4.24. The van der Waals surface area contributed by atoms with Gasteiger partial charge in [0.2, 0.25) is 0 Å². The van der Waals surface area contributed by atoms with Gasteiger partial charge >= 0.3 is 0 Å². The monoisotopic (exact) mass is 429 g/mol. The molecule has 0 amide bonds. The van der Waals surface area contributed by atoms with Gasteiger partial charge in [-0.15, -0.1) is 0 Å². The Labute approximate surface area is 177 Å². The molecule has 1 aliphatic heterocycles. The Morgan fingerprint density at radius 2 is 1.83 bits per heavy atom. The van der Waals surface area contributed by atoms with Crippen molar-refractivity contribution < 1.29 is 13.3 Å². The Balaban J connectivity index is 1.81. The van der Waals surface area contributed by atoms with Crippen molar-refractivity contribution in [1.29, 1.82) is 0 Å². The molecule has 3 heterocycles. The van der Waals surface area contributed by atoms with Crippen molar-refractivity contribution in [2.24, 2.45) is 10.7 Å². The molecule has 4 rings (SSSR count). The number of nitrogens with zero attached hydrogens (tertiary/aromatic N) is 4. The summed E-state index contributed by atoms with van der Waals surface area (Å²) in [6.45, 7) is 7.24. The van der Waals surface area contributed by atoms with Crippen LogP contribution in [0.15, 0.2) is 34.0 Å². The van der Waals surface area contributed by atoms with E-state index in [1.807, 2.05) is 13.8 Å². The quantitative estimate of drug-likeness (QED) is 0.647. The number of aromatic nitrogens is 3. The molecule has 0 radical (unpaired) electrons. The number of benzene rings is 1. The van der Waals surface area contributed by atoms with E-state index in [1.165, 1.54) is 30.2 Å². The standard InChI is InChI=1S/C21H21F2N5OS/c1-10-19(11(2)29-28-10)18-7-21(4,27-20(24)30-18)15-5-14(16(22)6-17(15)23)13-8-25-12(3)26-9-13/h5-6,8-9,18H,7H2,1-4H3,(H2,24,27). The third-order valence-electron chi connectivity index (χ3n) is 5.34. The molecule has 0 bridgehead atoms. The number of nitrogens with two attached hydrogens (primary N) is 1. The van der Waals surface area contributed by atoms with Crippen LogP contribution in [0.4, 0.5) is 8.78 Å². The zero-order valence-corrected chi connectivity index (χ0v) is 17.8. The number of rotatable bonds is 3. The largest absolute Gasteiger partial charge is 0.378 e. The van der Waals surface area contributed by atoms with E-state index in [1.54, 1.807) is 13.8 Å². The third-order valence-corrected chi connectivity index (χ3v) is 6.36. The minimum atomic E-state index is -0.992. The van der Waals surface area contributed by atoms with Gasteiger partial charge in [0.15, 0.2) is 5.17 Å². The number of halogens is 2. The van der Waals surface area contributed by atoms with Gasteiger partial charge in [-0.25, -0.2) is 18.7 Å². The van der Waals surface area contributed by atoms with Gasteiger partial charge < -0.3 is 10.3 Å². The van der Waals surface area contributed by atoms with E-state index in [2.05, 4.69) is 20.1 Å². The van der Waals surface area contributed by atoms with Crippen molar-refractivity contribution in [3.05, 3.63) is 64.6 Å². The van der Waals surface area contributed by atoms with Crippen molar-refractivity contribution in [3.63, 3.8) is 0 Å². The molecule has 0 saturated heterocycles. The molecule has 2 unspecified atom stereocenters. The lowest BCUT2D eigenvalue weighted by Gasteiger charge is -2.35. The van der Waals surface area contributed by atoms with Crippen LogP contribution in [-0.2, 0) is 5.54 Å². The Kier molecular flexibility index (Phi) is 5.09. The lowest BCUT2D eigenvalue weighted by atomic mass is 9.84. The van der Waals surface area contributed by atoms with Crippen LogP contribution in [0.25, 0.3) is 11.1 Å². The molecule has 0 fully saturated rings. The van der Waals surface area contributed by atoms with Crippen LogP contribution in [0.1, 0.15) is 47.0 Å². The van der Waals surface area contributed by atoms with E-state index in [0.717, 1.165) is 17.3 Å². The summed E-state index contributed by atoms with van der Waals surface area (Å²) in [4.78, 5) is 12.8. The number of aryl methyl sites for hydroxylation is 3. The van der Waals surface area contributed by atoms with Crippen molar-refractivity contribution in [2.75, 3.05) is 0 Å². The molecule has 3 aromatic rings. The number of amidine groups is 1. The van der Waals surface area contributed by atoms with Crippen molar-refractivity contribution in [1.82, 2.24) is 15.1 Å². The highest BCUT2D eigenvalue weighted by atomic mass is 32.2. The van der Waals surface area contributed by atoms with Crippen molar-refractivity contribution >= 4 is 16.9 Å². The van der Waals surface area contributed by atoms with Crippen LogP contribution in [0, 0.1) is 32.4 Å². The minimum Gasteiger partial charge on any atom is -0.378 e. The maximum absolute atomic E-state index is 15.0. The molecule has 30 heavy (non-hydrogen) atoms. The first-order chi connectivity index (χ1) is 14.2. The lowest BCUT2D eigenvalue weighted by molar-refractivity contribution is 0.389. The summed E-state index contributed by atoms with van der Waals surface area (Å²) in [6, 6.07) is 2.37. The first kappa shape index (κ1) is 20.5. The van der Waals surface area contributed by atoms with Gasteiger partial charge in [0.05, 0.1) is 11.2 Å². The van der Waals surface area contributed by atoms with Crippen LogP contribution in [0.2, 0.25) is 0 Å². The number of hydrogen-bond acceptors (Lipinski definition) is 7. The highest BCUT2D eigenvalue weighted by Crippen LogP contribution is 2.49. The second-order valence-electron chi connectivity index (χ2n) is 7.60. The smallest absolute Gasteiger partial charge is 0.155 e. The fourth-order valence-corrected chi connectivity index (χ4v) is 5.27. The Morgan fingerprint density at radius 3 is 2.47 bits per heavy atom. The molecule has 2 aromatic heterocycles. The van der Waals surface area contributed by atoms with E-state index in [9.17, 15) is 8.78 Å². The molecule has 2 N–H and O–H groups in total. The van der Waals surface area contributed by atoms with E-state index in [-0.39, 0.29) is 16.4 Å². The number of aliphatic imine (C=N–C) groups is 1. The van der Waals surface area contributed by atoms with Gasteiger partial charge in [0.25, 0.3) is 0 Å². The molecular formula is C21H21F2N5OS. The van der Waals surface area contributed by atoms with Crippen LogP contribution >= 0.6 is 11.8 Å². The van der Waals surface area contributed by atoms with E-state index >= 15 is 0 Å². The molecule has 1 aromatic carbocycles. The maximum atomic E-state index is 15.0. The number of hydrogen-bond donors (Lipinski definition) is 1. The zero-order valence-electron chi connectivity index (χ0n) is 17.0. The highest BCUT2D eigenvalue weighted by molar-refractivity contribution is 8.14. The van der Waals surface area contributed by atoms with Gasteiger partial charge in [-0.1, -0.05) is 16.9 Å². The first-order valence-electron chi connectivity index (χ1n) is 9.41. The molecule has 0 aliphatic carbocycles. The van der Waals surface area contributed by atoms with Gasteiger partial charge in [0.1, 0.15) is 23.2 Å². The Hall–Kier alpha value is -2.81. The average molecular weight is 429 g/mol. The molecule has 0 spiro atoms. The fourth-order valence-electron chi connectivity index (χ4n) is 3.86. The topological polar surface area (TPSA) is 90.2 Å². The van der Waals surface area contributed by atoms with Crippen LogP contribution < -0.4 is 5.73 Å². The molecule has 156 valence electrons. The van der Waals surface area contributed by atoms with Crippen LogP contribution in [-0.4, -0.2) is 20.3 Å². The zero-order chi connectivity index (χ0) is 21.6. The molecule has 9 heteroatoms. The Bertz CT molecular complexity index is 1130. The minimum absolute atomic E-state index is 0.116. The predicted molar refractivity (Wildman–Crippen MR) is 112 cm³/mol. The van der Waals surface area contributed by atoms with E-state index < -0.39 is 17.2 Å². The second-order valence-corrected chi connectivity index (χ2v) is 8.83. The summed E-state index contributed by atoms with van der Waals surface area (Å²) < 4.78 is 34.9. The lowest BCUT2D eigenvalue weighted by Crippen LogP contribution is -2.31. The van der Waals surface area contributed by atoms with Crippen LogP contribution in [0.3, 0.4) is 0 Å². The summed E-state index contributed by atoms with van der Waals surface area (Å²) in [5.74, 6) is -0.0963. The summed E-state index contributed by atoms with van der Waals surface area (Å²) in [7, 11) is 0. The molecule has 1 aliphatic rings. The normalized spacial score (nSPS) is 21.5. The van der Waals surface area contributed by atoms with E-state index in [4.69, 9.17) is 10.3 Å². The summed E-state index contributed by atoms with van der Waals surface area (Å²) in [6.07, 6.45) is 3.49. The SMILES string of the molecule is Cc1ncc(-c2cc(C3(C)CC(c4c(C)noc4C)SC(N)=N3)c(F)cc2F)cn1. The summed E-state index contributed by atoms with van der Waals surface area (Å²) in [5.41, 5.74) is 7.78. The van der Waals surface area contributed by atoms with Crippen molar-refractivity contribution in [2.45, 2.75) is 44.9 Å². The highest BCUT2D eigenvalue weighted by Gasteiger charge is 2.39. The van der Waals surface area contributed by atoms with Gasteiger partial charge in [-0.2, -0.15) is 0 Å². The molecular weight excluding hydrogens is 408 g/mol. The first-order valence-corrected chi connectivity index (χ1v) is 10.3. The number of thioether (sulfide) groups is 1. The van der Waals surface area contributed by atoms with Gasteiger partial charge in [-0.3, -0.25) is 4.99 Å². The summed E-state index contributed by atoms with van der Waals surface area (Å²) >= 11 is 1.39. The predicted octanol–water partition coefficient (Wildman–Crippen LogP) is 4.74.